The molecule has 0 spiro atoms. The average molecular weight is 259 g/mol. The van der Waals surface area contributed by atoms with Crippen molar-refractivity contribution in [3.63, 3.8) is 0 Å². The van der Waals surface area contributed by atoms with Gasteiger partial charge >= 0.3 is 0 Å². The largest absolute Gasteiger partial charge is 0.494 e. The fourth-order valence-corrected chi connectivity index (χ4v) is 2.49. The second-order valence-corrected chi connectivity index (χ2v) is 5.32. The maximum atomic E-state index is 11.8. The lowest BCUT2D eigenvalue weighted by molar-refractivity contribution is 0.265. The summed E-state index contributed by atoms with van der Waals surface area (Å²) in [5, 5.41) is 8.81. The minimum absolute atomic E-state index is 0.154. The van der Waals surface area contributed by atoms with E-state index in [1.54, 1.807) is 19.1 Å². The van der Waals surface area contributed by atoms with Crippen molar-refractivity contribution in [3.8, 4) is 5.75 Å². The van der Waals surface area contributed by atoms with Gasteiger partial charge in [-0.05, 0) is 38.1 Å². The van der Waals surface area contributed by atoms with Crippen LogP contribution in [-0.2, 0) is 10.0 Å². The molecule has 1 aromatic rings. The number of nitrogens with one attached hydrogen (secondary N) is 1. The molecule has 1 aromatic carbocycles. The van der Waals surface area contributed by atoms with Crippen molar-refractivity contribution >= 4 is 10.0 Å². The molecular formula is C11H17NO4S. The Kier molecular flexibility index (Phi) is 4.92. The highest BCUT2D eigenvalue weighted by Crippen LogP contribution is 2.15. The molecule has 2 N–H and O–H groups in total. The number of aliphatic hydroxyl groups is 1. The minimum atomic E-state index is -3.57. The first-order chi connectivity index (χ1) is 7.99. The Labute approximate surface area is 101 Å². The summed E-state index contributed by atoms with van der Waals surface area (Å²) in [5.41, 5.74) is 0. The van der Waals surface area contributed by atoms with E-state index >= 15 is 0 Å². The maximum absolute atomic E-state index is 11.8. The van der Waals surface area contributed by atoms with E-state index in [9.17, 15) is 8.42 Å². The molecular weight excluding hydrogens is 242 g/mol. The summed E-state index contributed by atoms with van der Waals surface area (Å²) >= 11 is 0. The molecule has 0 aromatic heterocycles. The van der Waals surface area contributed by atoms with Gasteiger partial charge in [-0.1, -0.05) is 0 Å². The van der Waals surface area contributed by atoms with E-state index in [2.05, 4.69) is 4.72 Å². The molecule has 0 fully saturated rings. The first-order valence-corrected chi connectivity index (χ1v) is 6.84. The van der Waals surface area contributed by atoms with Crippen molar-refractivity contribution in [3.05, 3.63) is 24.3 Å². The van der Waals surface area contributed by atoms with Gasteiger partial charge < -0.3 is 9.84 Å². The molecule has 5 nitrogen and oxygen atoms in total. The molecule has 0 heterocycles. The molecule has 1 atom stereocenters. The minimum Gasteiger partial charge on any atom is -0.494 e. The van der Waals surface area contributed by atoms with Gasteiger partial charge in [0.15, 0.2) is 0 Å². The third-order valence-corrected chi connectivity index (χ3v) is 3.68. The number of rotatable bonds is 6. The molecule has 17 heavy (non-hydrogen) atoms. The van der Waals surface area contributed by atoms with Gasteiger partial charge in [-0.15, -0.1) is 0 Å². The van der Waals surface area contributed by atoms with Crippen LogP contribution in [-0.4, -0.2) is 32.8 Å². The molecule has 0 aliphatic heterocycles. The lowest BCUT2D eigenvalue weighted by Crippen LogP contribution is -2.34. The van der Waals surface area contributed by atoms with Gasteiger partial charge in [0.25, 0.3) is 0 Å². The first kappa shape index (κ1) is 14.0. The van der Waals surface area contributed by atoms with E-state index in [-0.39, 0.29) is 11.5 Å². The molecule has 6 heteroatoms. The summed E-state index contributed by atoms with van der Waals surface area (Å²) in [4.78, 5) is 0.154. The quantitative estimate of drug-likeness (QED) is 0.790. The zero-order valence-electron chi connectivity index (χ0n) is 9.88. The van der Waals surface area contributed by atoms with Crippen molar-refractivity contribution < 1.29 is 18.3 Å². The lowest BCUT2D eigenvalue weighted by atomic mass is 10.3. The van der Waals surface area contributed by atoms with Crippen LogP contribution in [0.4, 0.5) is 0 Å². The molecule has 0 saturated heterocycles. The van der Waals surface area contributed by atoms with E-state index in [0.29, 0.717) is 12.4 Å². The van der Waals surface area contributed by atoms with Crippen LogP contribution >= 0.6 is 0 Å². The zero-order valence-corrected chi connectivity index (χ0v) is 10.7. The maximum Gasteiger partial charge on any atom is 0.240 e. The zero-order chi connectivity index (χ0) is 12.9. The second kappa shape index (κ2) is 6.00. The van der Waals surface area contributed by atoms with Crippen LogP contribution in [0.5, 0.6) is 5.75 Å². The predicted molar refractivity (Wildman–Crippen MR) is 64.5 cm³/mol. The van der Waals surface area contributed by atoms with Crippen LogP contribution in [0.2, 0.25) is 0 Å². The van der Waals surface area contributed by atoms with Crippen molar-refractivity contribution in [1.82, 2.24) is 4.72 Å². The molecule has 0 unspecified atom stereocenters. The van der Waals surface area contributed by atoms with Gasteiger partial charge in [0, 0.05) is 6.04 Å². The Balaban J connectivity index is 2.85. The summed E-state index contributed by atoms with van der Waals surface area (Å²) in [6, 6.07) is 5.63. The summed E-state index contributed by atoms with van der Waals surface area (Å²) in [7, 11) is -3.57. The van der Waals surface area contributed by atoms with Crippen LogP contribution in [0.25, 0.3) is 0 Å². The van der Waals surface area contributed by atoms with Gasteiger partial charge in [-0.2, -0.15) is 0 Å². The Hall–Kier alpha value is -1.11. The van der Waals surface area contributed by atoms with Gasteiger partial charge in [-0.3, -0.25) is 0 Å². The highest BCUT2D eigenvalue weighted by molar-refractivity contribution is 7.89. The molecule has 0 saturated carbocycles. The van der Waals surface area contributed by atoms with Crippen molar-refractivity contribution in [1.29, 1.82) is 0 Å². The molecule has 0 aliphatic carbocycles. The Morgan fingerprint density at radius 1 is 1.35 bits per heavy atom. The van der Waals surface area contributed by atoms with E-state index in [1.807, 2.05) is 6.92 Å². The Morgan fingerprint density at radius 3 is 2.41 bits per heavy atom. The normalized spacial score (nSPS) is 13.4. The fraction of sp³-hybridized carbons (Fsp3) is 0.455. The number of sulfonamides is 1. The third-order valence-electron chi connectivity index (χ3n) is 2.08. The second-order valence-electron chi connectivity index (χ2n) is 3.61. The van der Waals surface area contributed by atoms with Crippen LogP contribution in [0.15, 0.2) is 29.2 Å². The highest BCUT2D eigenvalue weighted by atomic mass is 32.2. The number of hydrogen-bond donors (Lipinski definition) is 2. The Bertz CT molecular complexity index is 441. The summed E-state index contributed by atoms with van der Waals surface area (Å²) < 4.78 is 31.2. The molecule has 0 bridgehead atoms. The molecule has 0 radical (unpaired) electrons. The Morgan fingerprint density at radius 2 is 1.94 bits per heavy atom. The van der Waals surface area contributed by atoms with E-state index < -0.39 is 16.1 Å². The van der Waals surface area contributed by atoms with Gasteiger partial charge in [-0.25, -0.2) is 13.1 Å². The standard InChI is InChI=1S/C11H17NO4S/c1-3-16-10-4-6-11(7-5-10)17(14,15)12-9(2)8-13/h4-7,9,12-13H,3,8H2,1-2H3/t9-/m1/s1. The van der Waals surface area contributed by atoms with Crippen LogP contribution < -0.4 is 9.46 Å². The molecule has 0 aliphatic rings. The summed E-state index contributed by atoms with van der Waals surface area (Å²) in [5.74, 6) is 0.627. The topological polar surface area (TPSA) is 75.6 Å². The lowest BCUT2D eigenvalue weighted by Gasteiger charge is -2.11. The van der Waals surface area contributed by atoms with Crippen LogP contribution in [0.3, 0.4) is 0 Å². The van der Waals surface area contributed by atoms with Gasteiger partial charge in [0.1, 0.15) is 5.75 Å². The number of hydrogen-bond acceptors (Lipinski definition) is 4. The van der Waals surface area contributed by atoms with Crippen molar-refractivity contribution in [2.75, 3.05) is 13.2 Å². The number of ether oxygens (including phenoxy) is 1. The van der Waals surface area contributed by atoms with Gasteiger partial charge in [0.05, 0.1) is 18.1 Å². The van der Waals surface area contributed by atoms with E-state index in [4.69, 9.17) is 9.84 Å². The molecule has 96 valence electrons. The van der Waals surface area contributed by atoms with Crippen molar-refractivity contribution in [2.45, 2.75) is 24.8 Å². The SMILES string of the molecule is CCOc1ccc(S(=O)(=O)N[C@H](C)CO)cc1. The average Bonchev–Trinajstić information content (AvgIpc) is 2.29. The highest BCUT2D eigenvalue weighted by Gasteiger charge is 2.16. The summed E-state index contributed by atoms with van der Waals surface area (Å²) in [6.07, 6.45) is 0. The number of aliphatic hydroxyl groups excluding tert-OH is 1. The van der Waals surface area contributed by atoms with Crippen LogP contribution in [0.1, 0.15) is 13.8 Å². The number of benzene rings is 1. The predicted octanol–water partition coefficient (Wildman–Crippen LogP) is 0.744. The third kappa shape index (κ3) is 3.99. The van der Waals surface area contributed by atoms with E-state index in [1.165, 1.54) is 12.1 Å². The fourth-order valence-electron chi connectivity index (χ4n) is 1.25. The van der Waals surface area contributed by atoms with Crippen LogP contribution in [0, 0.1) is 0 Å². The smallest absolute Gasteiger partial charge is 0.240 e. The van der Waals surface area contributed by atoms with E-state index in [0.717, 1.165) is 0 Å². The van der Waals surface area contributed by atoms with Gasteiger partial charge in [0.2, 0.25) is 10.0 Å². The molecule has 1 rings (SSSR count). The first-order valence-electron chi connectivity index (χ1n) is 5.35. The monoisotopic (exact) mass is 259 g/mol. The van der Waals surface area contributed by atoms with Crippen molar-refractivity contribution in [2.24, 2.45) is 0 Å². The molecule has 0 amide bonds. The summed E-state index contributed by atoms with van der Waals surface area (Å²) in [6.45, 7) is 3.74.